The number of likely N-dealkylation sites (N-methyl/N-ethyl adjacent to an activating group) is 1. The van der Waals surface area contributed by atoms with Crippen molar-refractivity contribution in [3.8, 4) is 0 Å². The van der Waals surface area contributed by atoms with Crippen molar-refractivity contribution < 1.29 is 14.3 Å². The van der Waals surface area contributed by atoms with Crippen molar-refractivity contribution in [1.82, 2.24) is 4.90 Å². The topological polar surface area (TPSA) is 65.1 Å². The zero-order valence-corrected chi connectivity index (χ0v) is 20.8. The molecule has 0 spiro atoms. The minimum absolute atomic E-state index is 0.0310. The van der Waals surface area contributed by atoms with Gasteiger partial charge < -0.3 is 24.8 Å². The Labute approximate surface area is 209 Å². The van der Waals surface area contributed by atoms with E-state index >= 15 is 0 Å². The molecule has 0 radical (unpaired) electrons. The molecule has 0 saturated carbocycles. The fraction of sp³-hybridized carbons (Fsp3) is 0.360. The molecule has 1 saturated heterocycles. The number of nitrogens with one attached hydrogen (secondary N) is 1. The van der Waals surface area contributed by atoms with Gasteiger partial charge in [0.15, 0.2) is 0 Å². The predicted molar refractivity (Wildman–Crippen MR) is 138 cm³/mol. The van der Waals surface area contributed by atoms with E-state index in [4.69, 9.17) is 27.9 Å². The summed E-state index contributed by atoms with van der Waals surface area (Å²) in [5.74, 6) is 0.574. The van der Waals surface area contributed by atoms with E-state index < -0.39 is 5.97 Å². The molecule has 2 heterocycles. The number of carbonyl (C=O) groups is 2. The quantitative estimate of drug-likeness (QED) is 0.244. The Morgan fingerprint density at radius 3 is 2.59 bits per heavy atom. The van der Waals surface area contributed by atoms with Gasteiger partial charge in [-0.05, 0) is 35.4 Å². The summed E-state index contributed by atoms with van der Waals surface area (Å²) in [5, 5.41) is 3.42. The average Bonchev–Trinajstić information content (AvgIpc) is 2.86. The highest BCUT2D eigenvalue weighted by Gasteiger charge is 2.52. The Morgan fingerprint density at radius 1 is 1.18 bits per heavy atom. The molecule has 1 fully saturated rings. The highest BCUT2D eigenvalue weighted by molar-refractivity contribution is 6.18. The molecular formula is C25H28Cl2N4O3. The summed E-state index contributed by atoms with van der Waals surface area (Å²) < 4.78 is 4.77. The number of methoxy groups -OCH3 is 1. The Balaban J connectivity index is 1.53. The maximum Gasteiger partial charge on any atom is 0.337 e. The summed E-state index contributed by atoms with van der Waals surface area (Å²) >= 11 is 11.9. The fourth-order valence-electron chi connectivity index (χ4n) is 4.60. The second-order valence-electron chi connectivity index (χ2n) is 8.35. The molecule has 4 rings (SSSR count). The van der Waals surface area contributed by atoms with Crippen LogP contribution in [0.5, 0.6) is 0 Å². The second-order valence-corrected chi connectivity index (χ2v) is 9.11. The molecule has 9 heteroatoms. The van der Waals surface area contributed by atoms with Crippen molar-refractivity contribution in [1.29, 1.82) is 0 Å². The standard InChI is InChI=1S/C25H28Cl2N4O3/c1-16(25(33)34-3)18-6-4-5-17(13-18)15-31-23-22(24(31)32)28-20-14-19(7-8-21(20)29(23)2)30(11-9-26)12-10-27/h4-8,13-14,22-23,28H,1,9-12,15H2,2-3H3. The molecule has 34 heavy (non-hydrogen) atoms. The number of rotatable bonds is 9. The lowest BCUT2D eigenvalue weighted by Gasteiger charge is -2.55. The summed E-state index contributed by atoms with van der Waals surface area (Å²) in [4.78, 5) is 31.0. The van der Waals surface area contributed by atoms with E-state index in [0.717, 1.165) is 22.6 Å². The molecule has 0 aromatic heterocycles. The number of fused-ring (bicyclic) bond motifs is 2. The van der Waals surface area contributed by atoms with Crippen LogP contribution in [0.15, 0.2) is 49.0 Å². The van der Waals surface area contributed by atoms with E-state index in [-0.39, 0.29) is 23.7 Å². The number of β-lactam (4-membered cyclic amide) rings is 1. The molecule has 2 aliphatic heterocycles. The molecule has 2 aromatic rings. The molecule has 1 N–H and O–H groups in total. The smallest absolute Gasteiger partial charge is 0.337 e. The summed E-state index contributed by atoms with van der Waals surface area (Å²) in [6.45, 7) is 5.65. The number of nitrogens with zero attached hydrogens (tertiary/aromatic N) is 3. The van der Waals surface area contributed by atoms with E-state index in [1.807, 2.05) is 36.2 Å². The molecule has 1 amide bonds. The molecule has 2 atom stereocenters. The molecule has 2 aliphatic rings. The van der Waals surface area contributed by atoms with Crippen molar-refractivity contribution >= 4 is 57.7 Å². The number of likely N-dealkylation sites (tertiary alicyclic amines) is 1. The number of anilines is 3. The summed E-state index contributed by atoms with van der Waals surface area (Å²) in [6, 6.07) is 13.3. The van der Waals surface area contributed by atoms with Gasteiger partial charge in [0.25, 0.3) is 5.91 Å². The van der Waals surface area contributed by atoms with Gasteiger partial charge in [-0.3, -0.25) is 4.79 Å². The number of hydrogen-bond acceptors (Lipinski definition) is 6. The van der Waals surface area contributed by atoms with Crippen LogP contribution in [-0.4, -0.2) is 68.0 Å². The number of hydrogen-bond donors (Lipinski definition) is 1. The van der Waals surface area contributed by atoms with Gasteiger partial charge in [0.1, 0.15) is 12.2 Å². The number of benzene rings is 2. The molecule has 2 unspecified atom stereocenters. The highest BCUT2D eigenvalue weighted by atomic mass is 35.5. The van der Waals surface area contributed by atoms with Crippen LogP contribution >= 0.6 is 23.2 Å². The largest absolute Gasteiger partial charge is 0.465 e. The van der Waals surface area contributed by atoms with E-state index in [2.05, 4.69) is 39.9 Å². The van der Waals surface area contributed by atoms with Crippen LogP contribution in [0.1, 0.15) is 11.1 Å². The lowest BCUT2D eigenvalue weighted by atomic mass is 9.94. The molecule has 7 nitrogen and oxygen atoms in total. The van der Waals surface area contributed by atoms with E-state index in [1.54, 1.807) is 0 Å². The van der Waals surface area contributed by atoms with Gasteiger partial charge in [-0.25, -0.2) is 4.79 Å². The summed E-state index contributed by atoms with van der Waals surface area (Å²) in [6.07, 6.45) is -0.111. The second kappa shape index (κ2) is 10.2. The third-order valence-corrected chi connectivity index (χ3v) is 6.71. The van der Waals surface area contributed by atoms with Gasteiger partial charge in [-0.2, -0.15) is 0 Å². The van der Waals surface area contributed by atoms with Crippen molar-refractivity contribution in [3.05, 3.63) is 60.2 Å². The Hall–Kier alpha value is -2.90. The van der Waals surface area contributed by atoms with Crippen LogP contribution in [0, 0.1) is 0 Å². The molecule has 2 aromatic carbocycles. The third-order valence-electron chi connectivity index (χ3n) is 6.37. The Kier molecular flexibility index (Phi) is 7.24. The first-order valence-corrected chi connectivity index (χ1v) is 12.1. The Bertz CT molecular complexity index is 1100. The van der Waals surface area contributed by atoms with Crippen LogP contribution < -0.4 is 15.1 Å². The molecule has 180 valence electrons. The number of halogens is 2. The average molecular weight is 503 g/mol. The SMILES string of the molecule is C=C(C(=O)OC)c1cccc(CN2C(=O)C3Nc4cc(N(CCCl)CCCl)ccc4N(C)C32)c1. The number of carbonyl (C=O) groups excluding carboxylic acids is 2. The summed E-state index contributed by atoms with van der Waals surface area (Å²) in [7, 11) is 3.33. The van der Waals surface area contributed by atoms with E-state index in [1.165, 1.54) is 7.11 Å². The van der Waals surface area contributed by atoms with Crippen molar-refractivity contribution in [2.24, 2.45) is 0 Å². The first-order valence-electron chi connectivity index (χ1n) is 11.1. The molecule has 0 aliphatic carbocycles. The van der Waals surface area contributed by atoms with Gasteiger partial charge in [0.2, 0.25) is 0 Å². The fourth-order valence-corrected chi connectivity index (χ4v) is 5.01. The van der Waals surface area contributed by atoms with Crippen molar-refractivity contribution in [2.45, 2.75) is 18.8 Å². The van der Waals surface area contributed by atoms with Crippen molar-refractivity contribution in [2.75, 3.05) is 54.1 Å². The van der Waals surface area contributed by atoms with Gasteiger partial charge in [0.05, 0.1) is 24.1 Å². The zero-order valence-electron chi connectivity index (χ0n) is 19.3. The number of alkyl halides is 2. The van der Waals surface area contributed by atoms with Crippen LogP contribution in [0.3, 0.4) is 0 Å². The van der Waals surface area contributed by atoms with Crippen LogP contribution in [0.25, 0.3) is 5.57 Å². The molecular weight excluding hydrogens is 475 g/mol. The van der Waals surface area contributed by atoms with E-state index in [9.17, 15) is 9.59 Å². The lowest BCUT2D eigenvalue weighted by molar-refractivity contribution is -0.149. The van der Waals surface area contributed by atoms with Gasteiger partial charge >= 0.3 is 5.97 Å². The molecule has 0 bridgehead atoms. The third kappa shape index (κ3) is 4.42. The first kappa shape index (κ1) is 24.2. The van der Waals surface area contributed by atoms with Gasteiger partial charge in [0, 0.05) is 44.1 Å². The highest BCUT2D eigenvalue weighted by Crippen LogP contribution is 2.41. The zero-order chi connectivity index (χ0) is 24.4. The van der Waals surface area contributed by atoms with Gasteiger partial charge in [-0.1, -0.05) is 24.8 Å². The number of ether oxygens (including phenoxy) is 1. The number of esters is 1. The lowest BCUT2D eigenvalue weighted by Crippen LogP contribution is -2.74. The van der Waals surface area contributed by atoms with E-state index in [0.29, 0.717) is 37.0 Å². The van der Waals surface area contributed by atoms with Gasteiger partial charge in [-0.15, -0.1) is 23.2 Å². The Morgan fingerprint density at radius 2 is 1.91 bits per heavy atom. The normalized spacial score (nSPS) is 18.4. The summed E-state index contributed by atoms with van der Waals surface area (Å²) in [5.41, 5.74) is 4.84. The van der Waals surface area contributed by atoms with Crippen LogP contribution in [0.2, 0.25) is 0 Å². The minimum atomic E-state index is -0.472. The van der Waals surface area contributed by atoms with Crippen molar-refractivity contribution in [3.63, 3.8) is 0 Å². The maximum atomic E-state index is 13.1. The monoisotopic (exact) mass is 502 g/mol. The minimum Gasteiger partial charge on any atom is -0.465 e. The van der Waals surface area contributed by atoms with Crippen LogP contribution in [0.4, 0.5) is 17.1 Å². The first-order chi connectivity index (χ1) is 16.4. The predicted octanol–water partition coefficient (Wildman–Crippen LogP) is 3.76. The number of amides is 1. The van der Waals surface area contributed by atoms with Crippen LogP contribution in [-0.2, 0) is 20.9 Å². The maximum absolute atomic E-state index is 13.1.